The number of nitrogens with one attached hydrogen (secondary N) is 1. The third-order valence-electron chi connectivity index (χ3n) is 4.48. The van der Waals surface area contributed by atoms with Crippen LogP contribution in [0, 0.1) is 0 Å². The Morgan fingerprint density at radius 1 is 1.00 bits per heavy atom. The van der Waals surface area contributed by atoms with Crippen LogP contribution < -0.4 is 0 Å². The summed E-state index contributed by atoms with van der Waals surface area (Å²) in [5.74, 6) is 0.0997. The lowest BCUT2D eigenvalue weighted by molar-refractivity contribution is -0.141. The first kappa shape index (κ1) is 17.2. The Bertz CT molecular complexity index is 1370. The summed E-state index contributed by atoms with van der Waals surface area (Å²) in [5.41, 5.74) is 1.14. The lowest BCUT2D eigenvalue weighted by Gasteiger charge is -2.10. The molecule has 0 radical (unpaired) electrons. The summed E-state index contributed by atoms with van der Waals surface area (Å²) in [7, 11) is 0. The van der Waals surface area contributed by atoms with Crippen molar-refractivity contribution in [3.63, 3.8) is 0 Å². The quantitative estimate of drug-likeness (QED) is 0.469. The van der Waals surface area contributed by atoms with Crippen molar-refractivity contribution in [1.29, 1.82) is 0 Å². The highest BCUT2D eigenvalue weighted by atomic mass is 19.4. The summed E-state index contributed by atoms with van der Waals surface area (Å²) in [4.78, 5) is 12.0. The summed E-state index contributed by atoms with van der Waals surface area (Å²) in [6, 6.07) is 10.4. The molecule has 4 aromatic heterocycles. The van der Waals surface area contributed by atoms with Crippen molar-refractivity contribution >= 4 is 22.1 Å². The van der Waals surface area contributed by atoms with Crippen LogP contribution >= 0.6 is 0 Å². The minimum atomic E-state index is -4.59. The molecule has 0 aliphatic carbocycles. The molecule has 0 saturated heterocycles. The summed E-state index contributed by atoms with van der Waals surface area (Å²) >= 11 is 0. The van der Waals surface area contributed by atoms with Gasteiger partial charge in [-0.15, -0.1) is 0 Å². The summed E-state index contributed by atoms with van der Waals surface area (Å²) in [6.45, 7) is 0. The van der Waals surface area contributed by atoms with Crippen LogP contribution in [0.5, 0.6) is 5.88 Å². The van der Waals surface area contributed by atoms with Gasteiger partial charge in [0.05, 0.1) is 11.7 Å². The van der Waals surface area contributed by atoms with Crippen LogP contribution in [-0.2, 0) is 6.18 Å². The van der Waals surface area contributed by atoms with Crippen molar-refractivity contribution in [2.75, 3.05) is 0 Å². The molecule has 7 nitrogen and oxygen atoms in total. The van der Waals surface area contributed by atoms with Crippen molar-refractivity contribution < 1.29 is 18.3 Å². The first-order valence-corrected chi connectivity index (χ1v) is 8.46. The van der Waals surface area contributed by atoms with Crippen LogP contribution in [0.2, 0.25) is 0 Å². The molecule has 0 saturated carbocycles. The maximum absolute atomic E-state index is 13.3. The lowest BCUT2D eigenvalue weighted by Crippen LogP contribution is -2.08. The lowest BCUT2D eigenvalue weighted by atomic mass is 10.2. The number of rotatable bonds is 2. The molecule has 0 atom stereocenters. The van der Waals surface area contributed by atoms with Crippen molar-refractivity contribution in [3.05, 3.63) is 60.6 Å². The Hall–Kier alpha value is -3.95. The van der Waals surface area contributed by atoms with Gasteiger partial charge in [0.15, 0.2) is 5.65 Å². The van der Waals surface area contributed by atoms with Gasteiger partial charge in [-0.1, -0.05) is 0 Å². The zero-order valence-corrected chi connectivity index (χ0v) is 14.5. The number of fused-ring (bicyclic) bond motifs is 2. The molecule has 5 aromatic rings. The van der Waals surface area contributed by atoms with Gasteiger partial charge in [-0.25, -0.2) is 15.0 Å². The average Bonchev–Trinajstić information content (AvgIpc) is 3.30. The van der Waals surface area contributed by atoms with Gasteiger partial charge >= 0.3 is 6.18 Å². The zero-order chi connectivity index (χ0) is 20.2. The maximum atomic E-state index is 13.3. The highest BCUT2D eigenvalue weighted by molar-refractivity contribution is 5.84. The van der Waals surface area contributed by atoms with E-state index >= 15 is 0 Å². The Labute approximate surface area is 160 Å². The number of hydrogen-bond acceptors (Lipinski definition) is 5. The van der Waals surface area contributed by atoms with Crippen molar-refractivity contribution in [3.8, 4) is 23.0 Å². The van der Waals surface area contributed by atoms with E-state index in [0.29, 0.717) is 17.1 Å². The third-order valence-corrected chi connectivity index (χ3v) is 4.48. The topological polar surface area (TPSA) is 92.5 Å². The Morgan fingerprint density at radius 2 is 1.86 bits per heavy atom. The number of benzene rings is 1. The average molecular weight is 396 g/mol. The molecule has 144 valence electrons. The highest BCUT2D eigenvalue weighted by Gasteiger charge is 2.33. The molecule has 5 rings (SSSR count). The number of aromatic amines is 1. The predicted octanol–water partition coefficient (Wildman–Crippen LogP) is 4.08. The maximum Gasteiger partial charge on any atom is 0.433 e. The number of H-pyrrole nitrogens is 1. The van der Waals surface area contributed by atoms with Crippen LogP contribution in [0.4, 0.5) is 13.2 Å². The number of imidazole rings is 1. The Balaban J connectivity index is 1.85. The van der Waals surface area contributed by atoms with Crippen LogP contribution in [0.1, 0.15) is 5.69 Å². The molecule has 0 aliphatic rings. The first-order chi connectivity index (χ1) is 13.9. The highest BCUT2D eigenvalue weighted by Crippen LogP contribution is 2.33. The minimum Gasteiger partial charge on any atom is -0.493 e. The molecule has 0 spiro atoms. The van der Waals surface area contributed by atoms with Gasteiger partial charge in [0.1, 0.15) is 17.0 Å². The molecule has 4 heterocycles. The third kappa shape index (κ3) is 2.85. The number of aromatic hydroxyl groups is 1. The van der Waals surface area contributed by atoms with Gasteiger partial charge in [-0.3, -0.25) is 9.67 Å². The summed E-state index contributed by atoms with van der Waals surface area (Å²) in [6.07, 6.45) is -1.58. The second-order valence-electron chi connectivity index (χ2n) is 6.35. The van der Waals surface area contributed by atoms with Gasteiger partial charge < -0.3 is 5.11 Å². The van der Waals surface area contributed by atoms with Gasteiger partial charge in [-0.05, 0) is 36.4 Å². The molecule has 0 bridgehead atoms. The van der Waals surface area contributed by atoms with E-state index in [9.17, 15) is 18.3 Å². The molecule has 1 aromatic carbocycles. The molecule has 10 heteroatoms. The van der Waals surface area contributed by atoms with E-state index in [-0.39, 0.29) is 17.0 Å². The SMILES string of the molecule is Oc1cc(-c2nc3ccc(C(F)(F)F)nc3n2-c2ccc3[nH]ncc3c2)ccn1. The Kier molecular flexibility index (Phi) is 3.57. The normalized spacial score (nSPS) is 12.1. The number of nitrogens with zero attached hydrogens (tertiary/aromatic N) is 5. The fourth-order valence-electron chi connectivity index (χ4n) is 3.18. The van der Waals surface area contributed by atoms with E-state index < -0.39 is 11.9 Å². The van der Waals surface area contributed by atoms with Gasteiger partial charge in [-0.2, -0.15) is 18.3 Å². The fraction of sp³-hybridized carbons (Fsp3) is 0.0526. The van der Waals surface area contributed by atoms with E-state index in [1.54, 1.807) is 30.5 Å². The fourth-order valence-corrected chi connectivity index (χ4v) is 3.18. The van der Waals surface area contributed by atoms with Gasteiger partial charge in [0.25, 0.3) is 0 Å². The van der Waals surface area contributed by atoms with Crippen LogP contribution in [0.3, 0.4) is 0 Å². The van der Waals surface area contributed by atoms with Crippen molar-refractivity contribution in [2.45, 2.75) is 6.18 Å². The first-order valence-electron chi connectivity index (χ1n) is 8.46. The molecule has 0 fully saturated rings. The molecule has 0 unspecified atom stereocenters. The molecular formula is C19H11F3N6O. The molecule has 2 N–H and O–H groups in total. The van der Waals surface area contributed by atoms with E-state index in [0.717, 1.165) is 17.0 Å². The second kappa shape index (κ2) is 6.03. The van der Waals surface area contributed by atoms with E-state index in [2.05, 4.69) is 25.1 Å². The minimum absolute atomic E-state index is 0.0500. The Morgan fingerprint density at radius 3 is 2.66 bits per heavy atom. The molecule has 29 heavy (non-hydrogen) atoms. The van der Waals surface area contributed by atoms with E-state index in [4.69, 9.17) is 0 Å². The van der Waals surface area contributed by atoms with Crippen LogP contribution in [0.15, 0.2) is 54.9 Å². The molecule has 0 aliphatic heterocycles. The summed E-state index contributed by atoms with van der Waals surface area (Å²) < 4.78 is 41.3. The van der Waals surface area contributed by atoms with Gasteiger partial charge in [0.2, 0.25) is 5.88 Å². The number of halogens is 3. The van der Waals surface area contributed by atoms with Crippen LogP contribution in [-0.4, -0.2) is 34.8 Å². The molecular weight excluding hydrogens is 385 g/mol. The largest absolute Gasteiger partial charge is 0.493 e. The number of pyridine rings is 2. The van der Waals surface area contributed by atoms with E-state index in [1.807, 2.05) is 0 Å². The van der Waals surface area contributed by atoms with Crippen molar-refractivity contribution in [2.24, 2.45) is 0 Å². The van der Waals surface area contributed by atoms with Gasteiger partial charge in [0, 0.05) is 28.9 Å². The number of aromatic nitrogens is 6. The number of hydrogen-bond donors (Lipinski definition) is 2. The molecule has 0 amide bonds. The van der Waals surface area contributed by atoms with E-state index in [1.165, 1.54) is 22.9 Å². The summed E-state index contributed by atoms with van der Waals surface area (Å²) in [5, 5.41) is 17.3. The number of alkyl halides is 3. The predicted molar refractivity (Wildman–Crippen MR) is 98.4 cm³/mol. The monoisotopic (exact) mass is 396 g/mol. The van der Waals surface area contributed by atoms with Crippen LogP contribution in [0.25, 0.3) is 39.1 Å². The zero-order valence-electron chi connectivity index (χ0n) is 14.5. The standard InChI is InChI=1S/C19H11F3N6O/c20-19(21,22)15-4-3-14-18(26-15)28(12-1-2-13-11(7-12)9-24-27-13)17(25-14)10-5-6-23-16(29)8-10/h1-9H,(H,23,29)(H,24,27). The smallest absolute Gasteiger partial charge is 0.433 e. The second-order valence-corrected chi connectivity index (χ2v) is 6.35. The van der Waals surface area contributed by atoms with Crippen molar-refractivity contribution in [1.82, 2.24) is 29.7 Å².